The van der Waals surface area contributed by atoms with E-state index in [1.165, 1.54) is 36.9 Å². The fourth-order valence-electron chi connectivity index (χ4n) is 2.66. The summed E-state index contributed by atoms with van der Waals surface area (Å²) in [5, 5.41) is 9.79. The van der Waals surface area contributed by atoms with E-state index in [-0.39, 0.29) is 32.6 Å². The van der Waals surface area contributed by atoms with Gasteiger partial charge in [0, 0.05) is 22.2 Å². The number of halogens is 2. The summed E-state index contributed by atoms with van der Waals surface area (Å²) in [6.45, 7) is 0. The molecule has 3 N–H and O–H groups in total. The number of anilines is 2. The van der Waals surface area contributed by atoms with E-state index in [0.29, 0.717) is 3.57 Å². The van der Waals surface area contributed by atoms with Crippen LogP contribution >= 0.6 is 33.9 Å². The van der Waals surface area contributed by atoms with Gasteiger partial charge in [-0.1, -0.05) is 0 Å². The number of ether oxygens (including phenoxy) is 1. The van der Waals surface area contributed by atoms with Crippen LogP contribution in [0.25, 0.3) is 11.1 Å². The molecule has 0 aliphatic carbocycles. The van der Waals surface area contributed by atoms with Crippen LogP contribution in [0, 0.1) is 9.39 Å². The number of sulfonamides is 1. The van der Waals surface area contributed by atoms with Crippen molar-refractivity contribution in [1.29, 1.82) is 0 Å². The predicted molar refractivity (Wildman–Crippen MR) is 115 cm³/mol. The molecule has 11 heteroatoms. The maximum Gasteiger partial charge on any atom is 0.255 e. The van der Waals surface area contributed by atoms with E-state index in [9.17, 15) is 17.6 Å². The number of thiophene rings is 1. The van der Waals surface area contributed by atoms with Crippen molar-refractivity contribution in [3.05, 3.63) is 55.5 Å². The molecule has 0 spiro atoms. The Balaban J connectivity index is 2.32. The van der Waals surface area contributed by atoms with Gasteiger partial charge in [0.2, 0.25) is 10.0 Å². The first kappa shape index (κ1) is 20.8. The summed E-state index contributed by atoms with van der Waals surface area (Å²) >= 11 is 2.92. The highest BCUT2D eigenvalue weighted by Gasteiger charge is 2.25. The molecule has 28 heavy (non-hydrogen) atoms. The van der Waals surface area contributed by atoms with Crippen molar-refractivity contribution in [3.63, 3.8) is 0 Å². The number of pyridine rings is 1. The molecule has 0 radical (unpaired) electrons. The highest BCUT2D eigenvalue weighted by molar-refractivity contribution is 14.1. The van der Waals surface area contributed by atoms with Gasteiger partial charge >= 0.3 is 0 Å². The molecule has 0 saturated heterocycles. The number of rotatable bonds is 5. The normalized spacial score (nSPS) is 11.5. The van der Waals surface area contributed by atoms with Gasteiger partial charge in [0.1, 0.15) is 21.6 Å². The molecule has 0 bridgehead atoms. The number of primary sulfonamides is 1. The Hall–Kier alpha value is -1.96. The lowest BCUT2D eigenvalue weighted by Gasteiger charge is -2.19. The molecule has 7 nitrogen and oxygen atoms in total. The highest BCUT2D eigenvalue weighted by Crippen LogP contribution is 2.42. The second-order valence-corrected chi connectivity index (χ2v) is 9.67. The fourth-order valence-corrected chi connectivity index (χ4v) is 4.92. The number of hydrogen-bond acceptors (Lipinski definition) is 6. The number of nitrogens with zero attached hydrogens (tertiary/aromatic N) is 1. The smallest absolute Gasteiger partial charge is 0.255 e. The standard InChI is InChI=1S/C17H15FIN3O4S2/c1-22-14(23)8-13(26-2)15(10-5-6-27-17(10)28(20,24)25)16(22)21-12-4-3-9(19)7-11(12)18/h3-8,21H,1-2H3,(H2,20,24,25). The Morgan fingerprint density at radius 2 is 2.00 bits per heavy atom. The van der Waals surface area contributed by atoms with Crippen molar-refractivity contribution >= 4 is 55.5 Å². The minimum Gasteiger partial charge on any atom is -0.496 e. The molecule has 0 aliphatic rings. The lowest BCUT2D eigenvalue weighted by atomic mass is 10.1. The molecule has 0 amide bonds. The number of nitrogens with two attached hydrogens (primary N) is 1. The van der Waals surface area contributed by atoms with Gasteiger partial charge in [-0.05, 0) is 52.2 Å². The summed E-state index contributed by atoms with van der Waals surface area (Å²) in [5.41, 5.74) is 0.250. The molecule has 0 saturated carbocycles. The van der Waals surface area contributed by atoms with Crippen LogP contribution in [0.1, 0.15) is 0 Å². The Morgan fingerprint density at radius 1 is 1.29 bits per heavy atom. The van der Waals surface area contributed by atoms with Crippen molar-refractivity contribution in [2.75, 3.05) is 12.4 Å². The molecule has 0 unspecified atom stereocenters. The zero-order chi connectivity index (χ0) is 20.6. The van der Waals surface area contributed by atoms with Crippen LogP contribution in [0.2, 0.25) is 0 Å². The van der Waals surface area contributed by atoms with Gasteiger partial charge in [-0.3, -0.25) is 9.36 Å². The van der Waals surface area contributed by atoms with Crippen molar-refractivity contribution < 1.29 is 17.5 Å². The largest absolute Gasteiger partial charge is 0.496 e. The first-order valence-corrected chi connectivity index (χ1v) is 11.2. The summed E-state index contributed by atoms with van der Waals surface area (Å²) in [6.07, 6.45) is 0. The Bertz CT molecular complexity index is 1220. The van der Waals surface area contributed by atoms with Crippen molar-refractivity contribution in [3.8, 4) is 16.9 Å². The Labute approximate surface area is 178 Å². The summed E-state index contributed by atoms with van der Waals surface area (Å²) < 4.78 is 45.6. The third-order valence-corrected chi connectivity index (χ3v) is 7.06. The van der Waals surface area contributed by atoms with Gasteiger partial charge in [0.05, 0.1) is 18.4 Å². The Kier molecular flexibility index (Phi) is 5.79. The topological polar surface area (TPSA) is 103 Å². The highest BCUT2D eigenvalue weighted by atomic mass is 127. The molecule has 3 rings (SSSR count). The van der Waals surface area contributed by atoms with Crippen LogP contribution in [0.15, 0.2) is 44.7 Å². The molecular weight excluding hydrogens is 520 g/mol. The van der Waals surface area contributed by atoms with Gasteiger partial charge in [0.15, 0.2) is 0 Å². The quantitative estimate of drug-likeness (QED) is 0.489. The number of benzene rings is 1. The van der Waals surface area contributed by atoms with Gasteiger partial charge < -0.3 is 10.1 Å². The van der Waals surface area contributed by atoms with Crippen molar-refractivity contribution in [1.82, 2.24) is 4.57 Å². The van der Waals surface area contributed by atoms with E-state index in [2.05, 4.69) is 5.32 Å². The van der Waals surface area contributed by atoms with Crippen LogP contribution in [0.3, 0.4) is 0 Å². The minimum atomic E-state index is -4.02. The second kappa shape index (κ2) is 7.81. The number of hydrogen-bond donors (Lipinski definition) is 2. The molecule has 0 atom stereocenters. The third-order valence-electron chi connectivity index (χ3n) is 3.97. The molecular formula is C17H15FIN3O4S2. The van der Waals surface area contributed by atoms with Crippen LogP contribution in [0.4, 0.5) is 15.9 Å². The zero-order valence-electron chi connectivity index (χ0n) is 14.7. The maximum absolute atomic E-state index is 14.4. The molecule has 148 valence electrons. The van der Waals surface area contributed by atoms with Gasteiger partial charge in [-0.25, -0.2) is 17.9 Å². The molecule has 1 aromatic carbocycles. The van der Waals surface area contributed by atoms with Crippen LogP contribution in [0.5, 0.6) is 5.75 Å². The minimum absolute atomic E-state index is 0.0874. The van der Waals surface area contributed by atoms with Crippen molar-refractivity contribution in [2.45, 2.75) is 4.21 Å². The molecule has 3 aromatic rings. The van der Waals surface area contributed by atoms with E-state index in [0.717, 1.165) is 11.3 Å². The molecule has 2 aromatic heterocycles. The van der Waals surface area contributed by atoms with E-state index in [1.54, 1.807) is 17.5 Å². The van der Waals surface area contributed by atoms with Gasteiger partial charge in [-0.15, -0.1) is 11.3 Å². The number of nitrogens with one attached hydrogen (secondary N) is 1. The van der Waals surface area contributed by atoms with E-state index in [1.807, 2.05) is 22.6 Å². The van der Waals surface area contributed by atoms with E-state index < -0.39 is 21.4 Å². The van der Waals surface area contributed by atoms with E-state index >= 15 is 0 Å². The number of methoxy groups -OCH3 is 1. The predicted octanol–water partition coefficient (Wildman–Crippen LogP) is 3.26. The van der Waals surface area contributed by atoms with Gasteiger partial charge in [-0.2, -0.15) is 0 Å². The average Bonchev–Trinajstić information content (AvgIpc) is 3.10. The van der Waals surface area contributed by atoms with Crippen LogP contribution < -0.4 is 20.8 Å². The van der Waals surface area contributed by atoms with Gasteiger partial charge in [0.25, 0.3) is 5.56 Å². The summed E-state index contributed by atoms with van der Waals surface area (Å²) in [5.74, 6) is -0.210. The second-order valence-electron chi connectivity index (χ2n) is 5.75. The average molecular weight is 535 g/mol. The Morgan fingerprint density at radius 3 is 2.61 bits per heavy atom. The summed E-state index contributed by atoms with van der Waals surface area (Å²) in [7, 11) is -1.17. The first-order chi connectivity index (χ1) is 13.1. The van der Waals surface area contributed by atoms with Crippen molar-refractivity contribution in [2.24, 2.45) is 12.2 Å². The molecule has 0 aliphatic heterocycles. The molecule has 2 heterocycles. The summed E-state index contributed by atoms with van der Waals surface area (Å²) in [6, 6.07) is 7.35. The SMILES string of the molecule is COc1cc(=O)n(C)c(Nc2ccc(I)cc2F)c1-c1ccsc1S(N)(=O)=O. The number of aromatic nitrogens is 1. The third kappa shape index (κ3) is 3.92. The lowest BCUT2D eigenvalue weighted by Crippen LogP contribution is -2.21. The first-order valence-electron chi connectivity index (χ1n) is 7.74. The lowest BCUT2D eigenvalue weighted by molar-refractivity contribution is 0.414. The summed E-state index contributed by atoms with van der Waals surface area (Å²) in [4.78, 5) is 12.4. The van der Waals surface area contributed by atoms with Crippen LogP contribution in [-0.2, 0) is 17.1 Å². The van der Waals surface area contributed by atoms with Crippen LogP contribution in [-0.4, -0.2) is 20.1 Å². The maximum atomic E-state index is 14.4. The molecule has 0 fully saturated rings. The zero-order valence-corrected chi connectivity index (χ0v) is 18.5. The monoisotopic (exact) mass is 535 g/mol. The van der Waals surface area contributed by atoms with E-state index in [4.69, 9.17) is 9.88 Å². The fraction of sp³-hybridized carbons (Fsp3) is 0.118.